The molecule has 0 aliphatic heterocycles. The maximum absolute atomic E-state index is 12.7. The van der Waals surface area contributed by atoms with E-state index in [1.165, 1.54) is 218 Å². The molecule has 0 spiro atoms. The van der Waals surface area contributed by atoms with E-state index < -0.39 is 6.10 Å². The van der Waals surface area contributed by atoms with Crippen LogP contribution in [0.5, 0.6) is 0 Å². The van der Waals surface area contributed by atoms with Crippen molar-refractivity contribution in [3.05, 3.63) is 24.3 Å². The second kappa shape index (κ2) is 55.5. The Morgan fingerprint density at radius 2 is 0.500 bits per heavy atom. The molecule has 0 aromatic heterocycles. The monoisotopic (exact) mass is 929 g/mol. The number of carbonyl (C=O) groups excluding carboxylic acids is 3. The second-order valence-corrected chi connectivity index (χ2v) is 19.9. The van der Waals surface area contributed by atoms with E-state index in [9.17, 15) is 14.4 Å². The predicted molar refractivity (Wildman–Crippen MR) is 284 cm³/mol. The van der Waals surface area contributed by atoms with Gasteiger partial charge in [-0.3, -0.25) is 14.4 Å². The van der Waals surface area contributed by atoms with Crippen LogP contribution in [0, 0.1) is 0 Å². The van der Waals surface area contributed by atoms with E-state index >= 15 is 0 Å². The first-order chi connectivity index (χ1) is 32.5. The van der Waals surface area contributed by atoms with Crippen molar-refractivity contribution in [3.8, 4) is 0 Å². The van der Waals surface area contributed by atoms with Crippen molar-refractivity contribution in [3.63, 3.8) is 0 Å². The van der Waals surface area contributed by atoms with E-state index in [4.69, 9.17) is 14.2 Å². The van der Waals surface area contributed by atoms with Crippen molar-refractivity contribution >= 4 is 17.9 Å². The molecule has 0 amide bonds. The van der Waals surface area contributed by atoms with Gasteiger partial charge in [0.15, 0.2) is 6.10 Å². The molecule has 0 aliphatic rings. The molecule has 6 heteroatoms. The molecule has 0 radical (unpaired) electrons. The highest BCUT2D eigenvalue weighted by atomic mass is 16.6. The third-order valence-corrected chi connectivity index (χ3v) is 13.2. The fourth-order valence-electron chi connectivity index (χ4n) is 8.73. The van der Waals surface area contributed by atoms with Gasteiger partial charge in [0.25, 0.3) is 0 Å². The molecular formula is C60H112O6. The summed E-state index contributed by atoms with van der Waals surface area (Å²) in [6.45, 7) is 6.60. The van der Waals surface area contributed by atoms with Gasteiger partial charge in [-0.15, -0.1) is 0 Å². The normalized spacial score (nSPS) is 12.1. The lowest BCUT2D eigenvalue weighted by molar-refractivity contribution is -0.167. The summed E-state index contributed by atoms with van der Waals surface area (Å²) in [5.41, 5.74) is 0. The number of esters is 3. The second-order valence-electron chi connectivity index (χ2n) is 19.9. The van der Waals surface area contributed by atoms with Crippen LogP contribution in [0.2, 0.25) is 0 Å². The number of hydrogen-bond donors (Lipinski definition) is 0. The summed E-state index contributed by atoms with van der Waals surface area (Å²) in [5, 5.41) is 0. The van der Waals surface area contributed by atoms with Gasteiger partial charge in [-0.2, -0.15) is 0 Å². The molecule has 0 saturated heterocycles. The summed E-state index contributed by atoms with van der Waals surface area (Å²) in [6, 6.07) is 0. The molecule has 0 N–H and O–H groups in total. The largest absolute Gasteiger partial charge is 0.462 e. The molecule has 66 heavy (non-hydrogen) atoms. The van der Waals surface area contributed by atoms with Crippen molar-refractivity contribution in [2.45, 2.75) is 329 Å². The number of allylic oxidation sites excluding steroid dienone is 4. The molecule has 1 atom stereocenters. The fourth-order valence-corrected chi connectivity index (χ4v) is 8.73. The molecule has 0 fully saturated rings. The van der Waals surface area contributed by atoms with Gasteiger partial charge in [0.1, 0.15) is 13.2 Å². The van der Waals surface area contributed by atoms with Crippen LogP contribution in [-0.4, -0.2) is 37.2 Å². The zero-order valence-corrected chi connectivity index (χ0v) is 44.5. The van der Waals surface area contributed by atoms with Crippen molar-refractivity contribution in [1.82, 2.24) is 0 Å². The van der Waals surface area contributed by atoms with Crippen LogP contribution >= 0.6 is 0 Å². The highest BCUT2D eigenvalue weighted by Crippen LogP contribution is 2.17. The summed E-state index contributed by atoms with van der Waals surface area (Å²) in [7, 11) is 0. The van der Waals surface area contributed by atoms with Crippen LogP contribution in [0.25, 0.3) is 0 Å². The molecule has 0 aliphatic carbocycles. The summed E-state index contributed by atoms with van der Waals surface area (Å²) in [4.78, 5) is 37.8. The lowest BCUT2D eigenvalue weighted by atomic mass is 10.0. The Labute approximate surface area is 411 Å². The van der Waals surface area contributed by atoms with Crippen LogP contribution in [0.3, 0.4) is 0 Å². The molecule has 0 bridgehead atoms. The van der Waals surface area contributed by atoms with Crippen molar-refractivity contribution in [2.24, 2.45) is 0 Å². The quantitative estimate of drug-likeness (QED) is 0.0262. The minimum atomic E-state index is -0.768. The van der Waals surface area contributed by atoms with Crippen LogP contribution in [-0.2, 0) is 28.6 Å². The molecule has 0 aromatic carbocycles. The van der Waals surface area contributed by atoms with Gasteiger partial charge in [0.2, 0.25) is 0 Å². The van der Waals surface area contributed by atoms with Gasteiger partial charge < -0.3 is 14.2 Å². The highest BCUT2D eigenvalue weighted by molar-refractivity contribution is 5.71. The van der Waals surface area contributed by atoms with Gasteiger partial charge in [0, 0.05) is 19.3 Å². The topological polar surface area (TPSA) is 78.9 Å². The number of hydrogen-bond acceptors (Lipinski definition) is 6. The number of rotatable bonds is 54. The minimum absolute atomic E-state index is 0.0705. The third-order valence-electron chi connectivity index (χ3n) is 13.2. The van der Waals surface area contributed by atoms with E-state index in [1.807, 2.05) is 0 Å². The minimum Gasteiger partial charge on any atom is -0.462 e. The highest BCUT2D eigenvalue weighted by Gasteiger charge is 2.19. The fraction of sp³-hybridized carbons (Fsp3) is 0.883. The van der Waals surface area contributed by atoms with Crippen LogP contribution in [0.1, 0.15) is 323 Å². The Balaban J connectivity index is 3.98. The van der Waals surface area contributed by atoms with Crippen LogP contribution < -0.4 is 0 Å². The van der Waals surface area contributed by atoms with E-state index in [0.29, 0.717) is 19.3 Å². The average Bonchev–Trinajstić information content (AvgIpc) is 3.31. The van der Waals surface area contributed by atoms with Gasteiger partial charge >= 0.3 is 17.9 Å². The first-order valence-corrected chi connectivity index (χ1v) is 29.3. The summed E-state index contributed by atoms with van der Waals surface area (Å²) >= 11 is 0. The van der Waals surface area contributed by atoms with Gasteiger partial charge in [-0.1, -0.05) is 257 Å². The molecule has 0 saturated carbocycles. The molecule has 0 aromatic rings. The zero-order valence-electron chi connectivity index (χ0n) is 44.5. The summed E-state index contributed by atoms with van der Waals surface area (Å²) < 4.78 is 16.7. The van der Waals surface area contributed by atoms with Gasteiger partial charge in [0.05, 0.1) is 0 Å². The van der Waals surface area contributed by atoms with E-state index in [-0.39, 0.29) is 31.1 Å². The molecular weight excluding hydrogens is 817 g/mol. The molecule has 0 rings (SSSR count). The third kappa shape index (κ3) is 52.9. The molecule has 6 nitrogen and oxygen atoms in total. The molecule has 388 valence electrons. The maximum Gasteiger partial charge on any atom is 0.306 e. The SMILES string of the molecule is CCCCC/C=C\CCCCCCCC(=O)OC(COC(=O)CCCCCCCCC)COC(=O)CCCCCCCCCCCCCCCCCCC/C=C\CCCCCCCCCC. The van der Waals surface area contributed by atoms with E-state index in [2.05, 4.69) is 45.1 Å². The van der Waals surface area contributed by atoms with Gasteiger partial charge in [-0.05, 0) is 70.6 Å². The Morgan fingerprint density at radius 3 is 0.788 bits per heavy atom. The smallest absolute Gasteiger partial charge is 0.306 e. The van der Waals surface area contributed by atoms with E-state index in [0.717, 1.165) is 64.2 Å². The maximum atomic E-state index is 12.7. The molecule has 0 heterocycles. The lowest BCUT2D eigenvalue weighted by Gasteiger charge is -2.18. The summed E-state index contributed by atoms with van der Waals surface area (Å²) in [6.07, 6.45) is 65.0. The van der Waals surface area contributed by atoms with Crippen LogP contribution in [0.15, 0.2) is 24.3 Å². The Kier molecular flexibility index (Phi) is 53.7. The Hall–Kier alpha value is -2.11. The van der Waals surface area contributed by atoms with Crippen LogP contribution in [0.4, 0.5) is 0 Å². The zero-order chi connectivity index (χ0) is 47.9. The predicted octanol–water partition coefficient (Wildman–Crippen LogP) is 19.5. The average molecular weight is 930 g/mol. The van der Waals surface area contributed by atoms with Crippen molar-refractivity contribution in [1.29, 1.82) is 0 Å². The van der Waals surface area contributed by atoms with Crippen molar-refractivity contribution in [2.75, 3.05) is 13.2 Å². The number of unbranched alkanes of at least 4 members (excludes halogenated alkanes) is 39. The first-order valence-electron chi connectivity index (χ1n) is 29.3. The van der Waals surface area contributed by atoms with E-state index in [1.54, 1.807) is 0 Å². The van der Waals surface area contributed by atoms with Crippen molar-refractivity contribution < 1.29 is 28.6 Å². The standard InChI is InChI=1S/C60H112O6/c1-4-7-10-13-16-18-20-22-23-24-25-26-27-28-29-30-31-32-33-34-35-36-37-38-40-41-44-47-50-53-59(62)65-56-57(55-64-58(61)52-49-46-43-15-12-9-6-3)66-60(63)54-51-48-45-42-39-21-19-17-14-11-8-5-2/h17,19,24-25,57H,4-16,18,20-23,26-56H2,1-3H3/b19-17-,25-24-. The lowest BCUT2D eigenvalue weighted by Crippen LogP contribution is -2.30. The Bertz CT molecular complexity index is 1070. The number of ether oxygens (including phenoxy) is 3. The number of carbonyl (C=O) groups is 3. The molecule has 1 unspecified atom stereocenters. The summed E-state index contributed by atoms with van der Waals surface area (Å²) in [5.74, 6) is -0.871. The first kappa shape index (κ1) is 63.9. The Morgan fingerprint density at radius 1 is 0.288 bits per heavy atom. The van der Waals surface area contributed by atoms with Gasteiger partial charge in [-0.25, -0.2) is 0 Å².